The normalized spacial score (nSPS) is 23.5. The van der Waals surface area contributed by atoms with Crippen LogP contribution >= 0.6 is 24.0 Å². The number of amides is 2. The number of aromatic carboxylic acids is 1. The minimum Gasteiger partial charge on any atom is -0.478 e. The number of urea groups is 1. The molecule has 2 aromatic rings. The van der Waals surface area contributed by atoms with E-state index in [-0.39, 0.29) is 35.5 Å². The Hall–Kier alpha value is -2.35. The fraction of sp³-hybridized carbons (Fsp3) is 0.409. The molecule has 9 heteroatoms. The van der Waals surface area contributed by atoms with Crippen LogP contribution in [0, 0.1) is 0 Å². The fourth-order valence-electron chi connectivity index (χ4n) is 4.70. The van der Waals surface area contributed by atoms with Gasteiger partial charge in [0.05, 0.1) is 5.56 Å². The number of pyridine rings is 1. The number of aromatic nitrogens is 1. The Bertz CT molecular complexity index is 963. The number of carboxylic acids is 1. The monoisotopic (exact) mass is 464 g/mol. The number of anilines is 1. The van der Waals surface area contributed by atoms with E-state index >= 15 is 0 Å². The highest BCUT2D eigenvalue weighted by Gasteiger charge is 2.41. The highest BCUT2D eigenvalue weighted by molar-refractivity contribution is 6.30. The van der Waals surface area contributed by atoms with Crippen LogP contribution in [0.15, 0.2) is 42.6 Å². The van der Waals surface area contributed by atoms with Gasteiger partial charge in [0.15, 0.2) is 0 Å². The van der Waals surface area contributed by atoms with Crippen LogP contribution in [0.5, 0.6) is 0 Å². The summed E-state index contributed by atoms with van der Waals surface area (Å²) in [5.41, 5.74) is 7.38. The second-order valence-corrected chi connectivity index (χ2v) is 8.50. The highest BCUT2D eigenvalue weighted by atomic mass is 35.5. The Morgan fingerprint density at radius 3 is 2.61 bits per heavy atom. The topological polar surface area (TPSA) is 99.8 Å². The summed E-state index contributed by atoms with van der Waals surface area (Å²) < 4.78 is 0. The largest absolute Gasteiger partial charge is 0.478 e. The maximum atomic E-state index is 13.1. The predicted octanol–water partition coefficient (Wildman–Crippen LogP) is 3.94. The first-order valence-corrected chi connectivity index (χ1v) is 10.5. The van der Waals surface area contributed by atoms with Gasteiger partial charge in [-0.05, 0) is 55.5 Å². The lowest BCUT2D eigenvalue weighted by Gasteiger charge is -2.42. The van der Waals surface area contributed by atoms with E-state index in [9.17, 15) is 14.7 Å². The third kappa shape index (κ3) is 4.49. The summed E-state index contributed by atoms with van der Waals surface area (Å²) in [5, 5.41) is 9.91. The first-order chi connectivity index (χ1) is 14.4. The molecule has 1 saturated heterocycles. The van der Waals surface area contributed by atoms with Crippen molar-refractivity contribution in [3.63, 3.8) is 0 Å². The van der Waals surface area contributed by atoms with Gasteiger partial charge in [-0.15, -0.1) is 12.4 Å². The van der Waals surface area contributed by atoms with E-state index in [0.717, 1.165) is 25.7 Å². The molecular formula is C22H26Cl2N4O3. The maximum Gasteiger partial charge on any atom is 0.335 e. The minimum absolute atomic E-state index is 0. The van der Waals surface area contributed by atoms with Gasteiger partial charge in [0, 0.05) is 42.3 Å². The first kappa shape index (κ1) is 23.3. The van der Waals surface area contributed by atoms with Gasteiger partial charge in [-0.3, -0.25) is 4.90 Å². The standard InChI is InChI=1S/C22H25ClN4O3.ClH/c23-17-3-1-2-16(13-17)22(14-24)7-4-18(5-8-22)26-10-11-27(21(26)30)19-12-15(20(28)29)6-9-25-19;/h1-3,6,9,12-13,18H,4-5,7-8,10-11,14,24H2,(H,28,29);1H/t18-,22-;. The van der Waals surface area contributed by atoms with E-state index in [4.69, 9.17) is 17.3 Å². The summed E-state index contributed by atoms with van der Waals surface area (Å²) in [4.78, 5) is 31.9. The van der Waals surface area contributed by atoms with Crippen LogP contribution in [-0.4, -0.2) is 52.7 Å². The van der Waals surface area contributed by atoms with Crippen molar-refractivity contribution in [2.45, 2.75) is 37.1 Å². The van der Waals surface area contributed by atoms with Crippen LogP contribution in [0.1, 0.15) is 41.6 Å². The molecule has 166 valence electrons. The van der Waals surface area contributed by atoms with Crippen LogP contribution in [0.3, 0.4) is 0 Å². The van der Waals surface area contributed by atoms with E-state index in [1.54, 1.807) is 4.90 Å². The molecule has 0 spiro atoms. The average molecular weight is 465 g/mol. The Morgan fingerprint density at radius 1 is 1.23 bits per heavy atom. The number of rotatable bonds is 5. The summed E-state index contributed by atoms with van der Waals surface area (Å²) in [6.07, 6.45) is 4.95. The lowest BCUT2D eigenvalue weighted by atomic mass is 9.68. The number of carbonyl (C=O) groups is 2. The van der Waals surface area contributed by atoms with Crippen molar-refractivity contribution in [2.75, 3.05) is 24.5 Å². The molecule has 7 nitrogen and oxygen atoms in total. The van der Waals surface area contributed by atoms with Crippen LogP contribution in [0.2, 0.25) is 5.02 Å². The van der Waals surface area contributed by atoms with Gasteiger partial charge in [-0.1, -0.05) is 23.7 Å². The quantitative estimate of drug-likeness (QED) is 0.697. The molecule has 1 aliphatic carbocycles. The molecule has 1 aromatic carbocycles. The highest BCUT2D eigenvalue weighted by Crippen LogP contribution is 2.41. The summed E-state index contributed by atoms with van der Waals surface area (Å²) in [6, 6.07) is 10.8. The Kier molecular flexibility index (Phi) is 7.09. The van der Waals surface area contributed by atoms with Crippen LogP contribution in [-0.2, 0) is 5.41 Å². The third-order valence-corrected chi connectivity index (χ3v) is 6.73. The van der Waals surface area contributed by atoms with Crippen molar-refractivity contribution >= 4 is 41.8 Å². The van der Waals surface area contributed by atoms with Crippen molar-refractivity contribution in [1.29, 1.82) is 0 Å². The molecule has 0 bridgehead atoms. The molecule has 0 unspecified atom stereocenters. The number of carboxylic acid groups (broad SMARTS) is 1. The van der Waals surface area contributed by atoms with Crippen molar-refractivity contribution in [3.8, 4) is 0 Å². The molecule has 3 N–H and O–H groups in total. The van der Waals surface area contributed by atoms with E-state index in [1.165, 1.54) is 23.9 Å². The van der Waals surface area contributed by atoms with E-state index in [2.05, 4.69) is 11.1 Å². The van der Waals surface area contributed by atoms with Gasteiger partial charge in [0.25, 0.3) is 0 Å². The Balaban J connectivity index is 0.00000272. The van der Waals surface area contributed by atoms with Gasteiger partial charge in [-0.25, -0.2) is 14.6 Å². The molecule has 0 atom stereocenters. The fourth-order valence-corrected chi connectivity index (χ4v) is 4.89. The molecule has 1 saturated carbocycles. The van der Waals surface area contributed by atoms with Gasteiger partial charge in [-0.2, -0.15) is 0 Å². The van der Waals surface area contributed by atoms with E-state index < -0.39 is 5.97 Å². The second kappa shape index (κ2) is 9.42. The van der Waals surface area contributed by atoms with Crippen LogP contribution in [0.4, 0.5) is 10.6 Å². The van der Waals surface area contributed by atoms with Gasteiger partial charge in [0.2, 0.25) is 0 Å². The molecular weight excluding hydrogens is 439 g/mol. The van der Waals surface area contributed by atoms with Gasteiger partial charge < -0.3 is 15.7 Å². The number of halogens is 2. The lowest BCUT2D eigenvalue weighted by molar-refractivity contribution is 0.0696. The SMILES string of the molecule is Cl.NC[C@]1(c2cccc(Cl)c2)CC[C@H](N2CCN(c3cc(C(=O)O)ccn3)C2=O)CC1. The molecule has 2 heterocycles. The van der Waals surface area contributed by atoms with Crippen LogP contribution in [0.25, 0.3) is 0 Å². The Labute approximate surface area is 192 Å². The van der Waals surface area contributed by atoms with E-state index in [0.29, 0.717) is 30.5 Å². The molecule has 1 aliphatic heterocycles. The summed E-state index contributed by atoms with van der Waals surface area (Å²) in [5.74, 6) is -0.651. The zero-order chi connectivity index (χ0) is 21.3. The zero-order valence-electron chi connectivity index (χ0n) is 17.0. The summed E-state index contributed by atoms with van der Waals surface area (Å²) in [6.45, 7) is 1.66. The summed E-state index contributed by atoms with van der Waals surface area (Å²) >= 11 is 6.20. The molecule has 2 fully saturated rings. The number of hydrogen-bond acceptors (Lipinski definition) is 4. The van der Waals surface area contributed by atoms with Crippen LogP contribution < -0.4 is 10.6 Å². The van der Waals surface area contributed by atoms with Gasteiger partial charge >= 0.3 is 12.0 Å². The lowest BCUT2D eigenvalue weighted by Crippen LogP contribution is -2.47. The second-order valence-electron chi connectivity index (χ2n) is 8.06. The molecule has 2 aliphatic rings. The number of hydrogen-bond donors (Lipinski definition) is 2. The Morgan fingerprint density at radius 2 is 1.97 bits per heavy atom. The molecule has 2 amide bonds. The van der Waals surface area contributed by atoms with Crippen molar-refractivity contribution in [2.24, 2.45) is 5.73 Å². The smallest absolute Gasteiger partial charge is 0.335 e. The molecule has 1 aromatic heterocycles. The van der Waals surface area contributed by atoms with Crippen molar-refractivity contribution in [1.82, 2.24) is 9.88 Å². The number of benzene rings is 1. The van der Waals surface area contributed by atoms with E-state index in [1.807, 2.05) is 23.1 Å². The number of nitrogens with zero attached hydrogens (tertiary/aromatic N) is 3. The molecule has 31 heavy (non-hydrogen) atoms. The molecule has 0 radical (unpaired) electrons. The zero-order valence-corrected chi connectivity index (χ0v) is 18.6. The summed E-state index contributed by atoms with van der Waals surface area (Å²) in [7, 11) is 0. The molecule has 4 rings (SSSR count). The maximum absolute atomic E-state index is 13.1. The average Bonchev–Trinajstić information content (AvgIpc) is 3.15. The van der Waals surface area contributed by atoms with Crippen molar-refractivity contribution < 1.29 is 14.7 Å². The predicted molar refractivity (Wildman–Crippen MR) is 122 cm³/mol. The first-order valence-electron chi connectivity index (χ1n) is 10.2. The number of carbonyl (C=O) groups excluding carboxylic acids is 1. The third-order valence-electron chi connectivity index (χ3n) is 6.49. The minimum atomic E-state index is -1.03. The van der Waals surface area contributed by atoms with Gasteiger partial charge in [0.1, 0.15) is 5.82 Å². The van der Waals surface area contributed by atoms with Crippen molar-refractivity contribution in [3.05, 3.63) is 58.7 Å². The number of nitrogens with two attached hydrogens (primary N) is 1.